The van der Waals surface area contributed by atoms with E-state index < -0.39 is 16.8 Å². The summed E-state index contributed by atoms with van der Waals surface area (Å²) in [6.07, 6.45) is -0.177. The van der Waals surface area contributed by atoms with Crippen molar-refractivity contribution in [2.75, 3.05) is 13.2 Å². The van der Waals surface area contributed by atoms with E-state index in [0.29, 0.717) is 6.42 Å². The van der Waals surface area contributed by atoms with Crippen molar-refractivity contribution in [1.29, 1.82) is 0 Å². The zero-order valence-electron chi connectivity index (χ0n) is 9.11. The summed E-state index contributed by atoms with van der Waals surface area (Å²) in [4.78, 5) is 24.9. The minimum Gasteiger partial charge on any atom is -0.444 e. The van der Waals surface area contributed by atoms with Crippen LogP contribution >= 0.6 is 0 Å². The molecule has 0 aliphatic heterocycles. The Balaban J connectivity index is 3.44. The standard InChI is InChI=1S/C8H16N2O5/c1-8(2,3)15-7(11)9-5-4-6-14-10(12)13/h4-6H2,1-3H3,(H,9,11). The van der Waals surface area contributed by atoms with Gasteiger partial charge in [0.05, 0.1) is 6.61 Å². The molecule has 0 atom stereocenters. The molecule has 0 unspecified atom stereocenters. The third kappa shape index (κ3) is 10.4. The Bertz CT molecular complexity index is 224. The second kappa shape index (κ2) is 6.05. The van der Waals surface area contributed by atoms with Gasteiger partial charge in [0, 0.05) is 6.54 Å². The smallest absolute Gasteiger partial charge is 0.407 e. The van der Waals surface area contributed by atoms with E-state index in [1.165, 1.54) is 0 Å². The molecule has 88 valence electrons. The van der Waals surface area contributed by atoms with Crippen LogP contribution in [0, 0.1) is 10.1 Å². The van der Waals surface area contributed by atoms with Gasteiger partial charge < -0.3 is 14.9 Å². The number of ether oxygens (including phenoxy) is 1. The van der Waals surface area contributed by atoms with Crippen LogP contribution < -0.4 is 5.32 Å². The van der Waals surface area contributed by atoms with Gasteiger partial charge in [0.15, 0.2) is 0 Å². The van der Waals surface area contributed by atoms with E-state index in [4.69, 9.17) is 4.74 Å². The highest BCUT2D eigenvalue weighted by Crippen LogP contribution is 2.06. The van der Waals surface area contributed by atoms with E-state index in [1.807, 2.05) is 0 Å². The van der Waals surface area contributed by atoms with E-state index >= 15 is 0 Å². The number of nitrogens with zero attached hydrogens (tertiary/aromatic N) is 1. The molecule has 1 N–H and O–H groups in total. The molecule has 7 heteroatoms. The SMILES string of the molecule is CC(C)(C)OC(=O)NCCCO[N+](=O)[O-]. The first kappa shape index (κ1) is 13.5. The van der Waals surface area contributed by atoms with Crippen LogP contribution in [0.1, 0.15) is 27.2 Å². The molecule has 0 spiro atoms. The number of carbonyl (C=O) groups is 1. The molecule has 0 aromatic heterocycles. The summed E-state index contributed by atoms with van der Waals surface area (Å²) in [5.74, 6) is 0. The highest BCUT2D eigenvalue weighted by atomic mass is 16.9. The summed E-state index contributed by atoms with van der Waals surface area (Å²) in [5.41, 5.74) is -0.540. The van der Waals surface area contributed by atoms with Gasteiger partial charge in [-0.15, -0.1) is 10.1 Å². The topological polar surface area (TPSA) is 90.7 Å². The van der Waals surface area contributed by atoms with Crippen molar-refractivity contribution in [3.05, 3.63) is 10.1 Å². The minimum absolute atomic E-state index is 0.0389. The molecule has 7 nitrogen and oxygen atoms in total. The number of alkyl carbamates (subject to hydrolysis) is 1. The van der Waals surface area contributed by atoms with Gasteiger partial charge >= 0.3 is 6.09 Å². The number of rotatable bonds is 5. The Labute approximate surface area is 87.8 Å². The Morgan fingerprint density at radius 1 is 1.47 bits per heavy atom. The number of hydrogen-bond donors (Lipinski definition) is 1. The number of carbonyl (C=O) groups excluding carboxylic acids is 1. The lowest BCUT2D eigenvalue weighted by molar-refractivity contribution is -0.757. The molecule has 0 aliphatic carbocycles. The van der Waals surface area contributed by atoms with Gasteiger partial charge in [-0.05, 0) is 27.2 Å². The van der Waals surface area contributed by atoms with E-state index in [2.05, 4.69) is 10.2 Å². The highest BCUT2D eigenvalue weighted by molar-refractivity contribution is 5.67. The minimum atomic E-state index is -0.868. The van der Waals surface area contributed by atoms with E-state index in [9.17, 15) is 14.9 Å². The van der Waals surface area contributed by atoms with Crippen LogP contribution in [0.15, 0.2) is 0 Å². The molecule has 0 heterocycles. The average Bonchev–Trinajstić information content (AvgIpc) is 1.99. The molecule has 0 aromatic rings. The Morgan fingerprint density at radius 2 is 2.07 bits per heavy atom. The third-order valence-electron chi connectivity index (χ3n) is 1.19. The predicted molar refractivity (Wildman–Crippen MR) is 51.8 cm³/mol. The quantitative estimate of drug-likeness (QED) is 0.425. The zero-order chi connectivity index (χ0) is 11.9. The molecule has 0 fully saturated rings. The average molecular weight is 220 g/mol. The van der Waals surface area contributed by atoms with Crippen LogP contribution in [-0.2, 0) is 9.57 Å². The third-order valence-corrected chi connectivity index (χ3v) is 1.19. The maximum absolute atomic E-state index is 11.0. The fraction of sp³-hybridized carbons (Fsp3) is 0.875. The first-order valence-electron chi connectivity index (χ1n) is 4.55. The normalized spacial score (nSPS) is 10.6. The van der Waals surface area contributed by atoms with Gasteiger partial charge in [-0.1, -0.05) is 0 Å². The van der Waals surface area contributed by atoms with Crippen molar-refractivity contribution in [3.63, 3.8) is 0 Å². The Morgan fingerprint density at radius 3 is 2.53 bits per heavy atom. The Hall–Kier alpha value is -1.53. The van der Waals surface area contributed by atoms with Crippen LogP contribution in [0.4, 0.5) is 4.79 Å². The van der Waals surface area contributed by atoms with Crippen molar-refractivity contribution in [2.24, 2.45) is 0 Å². The van der Waals surface area contributed by atoms with Crippen LogP contribution in [0.2, 0.25) is 0 Å². The summed E-state index contributed by atoms with van der Waals surface area (Å²) in [7, 11) is 0. The molecular weight excluding hydrogens is 204 g/mol. The van der Waals surface area contributed by atoms with Crippen molar-refractivity contribution in [2.45, 2.75) is 32.8 Å². The van der Waals surface area contributed by atoms with Crippen LogP contribution in [0.25, 0.3) is 0 Å². The molecule has 0 bridgehead atoms. The largest absolute Gasteiger partial charge is 0.444 e. The fourth-order valence-corrected chi connectivity index (χ4v) is 0.716. The fourth-order valence-electron chi connectivity index (χ4n) is 0.716. The summed E-state index contributed by atoms with van der Waals surface area (Å²) in [6, 6.07) is 0. The summed E-state index contributed by atoms with van der Waals surface area (Å²) >= 11 is 0. The molecule has 0 saturated carbocycles. The van der Waals surface area contributed by atoms with Crippen molar-refractivity contribution >= 4 is 6.09 Å². The summed E-state index contributed by atoms with van der Waals surface area (Å²) < 4.78 is 4.94. The summed E-state index contributed by atoms with van der Waals surface area (Å²) in [6.45, 7) is 5.50. The molecule has 15 heavy (non-hydrogen) atoms. The second-order valence-corrected chi connectivity index (χ2v) is 3.84. The van der Waals surface area contributed by atoms with Gasteiger partial charge in [-0.25, -0.2) is 4.79 Å². The lowest BCUT2D eigenvalue weighted by Gasteiger charge is -2.19. The molecular formula is C8H16N2O5. The van der Waals surface area contributed by atoms with Gasteiger partial charge in [-0.3, -0.25) is 0 Å². The zero-order valence-corrected chi connectivity index (χ0v) is 9.11. The van der Waals surface area contributed by atoms with Crippen molar-refractivity contribution < 1.29 is 19.5 Å². The van der Waals surface area contributed by atoms with Gasteiger partial charge in [0.1, 0.15) is 5.60 Å². The maximum atomic E-state index is 11.0. The van der Waals surface area contributed by atoms with E-state index in [1.54, 1.807) is 20.8 Å². The number of nitrogens with one attached hydrogen (secondary N) is 1. The second-order valence-electron chi connectivity index (χ2n) is 3.84. The lowest BCUT2D eigenvalue weighted by Crippen LogP contribution is -2.33. The molecule has 0 aliphatic rings. The van der Waals surface area contributed by atoms with Crippen LogP contribution in [-0.4, -0.2) is 29.9 Å². The molecule has 0 saturated heterocycles. The first-order chi connectivity index (χ1) is 6.81. The molecule has 1 amide bonds. The molecule has 0 rings (SSSR count). The molecule has 0 aromatic carbocycles. The van der Waals surface area contributed by atoms with Gasteiger partial charge in [0.25, 0.3) is 5.09 Å². The van der Waals surface area contributed by atoms with Gasteiger partial charge in [-0.2, -0.15) is 0 Å². The summed E-state index contributed by atoms with van der Waals surface area (Å²) in [5, 5.41) is 11.3. The van der Waals surface area contributed by atoms with E-state index in [-0.39, 0.29) is 13.2 Å². The first-order valence-corrected chi connectivity index (χ1v) is 4.55. The monoisotopic (exact) mass is 220 g/mol. The number of hydrogen-bond acceptors (Lipinski definition) is 5. The molecule has 0 radical (unpaired) electrons. The van der Waals surface area contributed by atoms with Gasteiger partial charge in [0.2, 0.25) is 0 Å². The number of amides is 1. The van der Waals surface area contributed by atoms with Crippen LogP contribution in [0.3, 0.4) is 0 Å². The Kier molecular flexibility index (Phi) is 5.43. The predicted octanol–water partition coefficient (Wildman–Crippen LogP) is 1.11. The van der Waals surface area contributed by atoms with Crippen LogP contribution in [0.5, 0.6) is 0 Å². The highest BCUT2D eigenvalue weighted by Gasteiger charge is 2.15. The van der Waals surface area contributed by atoms with Crippen molar-refractivity contribution in [3.8, 4) is 0 Å². The van der Waals surface area contributed by atoms with E-state index in [0.717, 1.165) is 0 Å². The van der Waals surface area contributed by atoms with Crippen molar-refractivity contribution in [1.82, 2.24) is 5.32 Å². The maximum Gasteiger partial charge on any atom is 0.407 e. The lowest BCUT2D eigenvalue weighted by atomic mass is 10.2.